The molecule has 0 aliphatic rings. The van der Waals surface area contributed by atoms with E-state index in [1.165, 1.54) is 6.92 Å². The summed E-state index contributed by atoms with van der Waals surface area (Å²) in [6.45, 7) is 30.0. The molecule has 6 nitrogen and oxygen atoms in total. The summed E-state index contributed by atoms with van der Waals surface area (Å²) in [6.07, 6.45) is 0.750. The van der Waals surface area contributed by atoms with Crippen LogP contribution in [0.15, 0.2) is 0 Å². The summed E-state index contributed by atoms with van der Waals surface area (Å²) in [5, 5.41) is 0. The summed E-state index contributed by atoms with van der Waals surface area (Å²) < 4.78 is 37.5. The molecule has 8 heteroatoms. The minimum absolute atomic E-state index is 0. The van der Waals surface area contributed by atoms with Crippen LogP contribution in [-0.4, -0.2) is 6.29 Å². The minimum atomic E-state index is 0. The number of carbonyl (C=O) groups is 1. The van der Waals surface area contributed by atoms with E-state index >= 15 is 0 Å². The molecule has 0 N–H and O–H groups in total. The second-order valence-electron chi connectivity index (χ2n) is 1.78. The van der Waals surface area contributed by atoms with E-state index in [2.05, 4.69) is 58.9 Å². The third-order valence-corrected chi connectivity index (χ3v) is 0.433. The first kappa shape index (κ1) is 59.8. The van der Waals surface area contributed by atoms with Crippen LogP contribution >= 0.6 is 0 Å². The van der Waals surface area contributed by atoms with Crippen molar-refractivity contribution in [1.82, 2.24) is 0 Å². The Hall–Kier alpha value is -1.06. The van der Waals surface area contributed by atoms with E-state index in [1.807, 2.05) is 6.92 Å². The Labute approximate surface area is 146 Å². The number of hydrogen-bond acceptors (Lipinski definition) is 1. The van der Waals surface area contributed by atoms with Crippen LogP contribution in [0.5, 0.6) is 0 Å². The average molecular weight is 384 g/mol. The van der Waals surface area contributed by atoms with Gasteiger partial charge in [-0.2, -0.15) is 0 Å². The van der Waals surface area contributed by atoms with Gasteiger partial charge in [-0.3, -0.25) is 0 Å². The van der Waals surface area contributed by atoms with E-state index in [4.69, 9.17) is 28.1 Å². The number of carbonyl (C=O) groups excluding carboxylic acids is 1. The zero-order chi connectivity index (χ0) is 17.7. The minimum Gasteiger partial charge on any atom is 0 e. The van der Waals surface area contributed by atoms with Gasteiger partial charge in [0.05, 0.1) is 0 Å². The van der Waals surface area contributed by atoms with Crippen LogP contribution in [0.3, 0.4) is 0 Å². The average Bonchev–Trinajstić information content (AvgIpc) is 2.50. The van der Waals surface area contributed by atoms with Crippen LogP contribution in [0.2, 0.25) is 0 Å². The molecule has 0 rings (SSSR count). The van der Waals surface area contributed by atoms with Gasteiger partial charge in [-0.05, 0) is 13.8 Å². The fourth-order valence-corrected chi connectivity index (χ4v) is 0.289. The molecule has 0 aromatic rings. The van der Waals surface area contributed by atoms with Crippen molar-refractivity contribution in [3.63, 3.8) is 0 Å². The van der Waals surface area contributed by atoms with Gasteiger partial charge in [-0.1, -0.05) is 13.8 Å². The molecular weight excluding hydrogens is 370 g/mol. The second-order valence-corrected chi connectivity index (χ2v) is 1.78. The van der Waals surface area contributed by atoms with Crippen molar-refractivity contribution < 1.29 is 61.6 Å². The molecule has 0 aromatic heterocycles. The Morgan fingerprint density at radius 2 is 0.952 bits per heavy atom. The van der Waals surface area contributed by atoms with Crippen LogP contribution in [0, 0.1) is 51.0 Å². The fourth-order valence-electron chi connectivity index (χ4n) is 0.289. The zero-order valence-electron chi connectivity index (χ0n) is 11.8. The third-order valence-electron chi connectivity index (χ3n) is 0.433. The fraction of sp³-hybridized carbons (Fsp3) is 0.385. The normalized spacial score (nSPS) is 3.19. The Balaban J connectivity index is -0.0000000121. The van der Waals surface area contributed by atoms with Gasteiger partial charge in [0.1, 0.15) is 6.29 Å². The first-order valence-corrected chi connectivity index (χ1v) is 4.03. The van der Waals surface area contributed by atoms with E-state index in [0.29, 0.717) is 5.92 Å². The van der Waals surface area contributed by atoms with Gasteiger partial charge in [-0.15, -0.1) is 11.8 Å². The largest absolute Gasteiger partial charge is 0 e. The molecule has 0 saturated carbocycles. The smallest absolute Gasteiger partial charge is 0 e. The first-order chi connectivity index (χ1) is 9.18. The van der Waals surface area contributed by atoms with Crippen molar-refractivity contribution in [2.75, 3.05) is 0 Å². The quantitative estimate of drug-likeness (QED) is 0.269. The monoisotopic (exact) mass is 384 g/mol. The molecular formula is C13H14Co2O6. The maximum atomic E-state index is 8.81. The number of hydrogen-bond donors (Lipinski definition) is 0. The van der Waals surface area contributed by atoms with Crippen LogP contribution in [0.1, 0.15) is 27.7 Å². The second kappa shape index (κ2) is 250. The summed E-state index contributed by atoms with van der Waals surface area (Å²) in [5.41, 5.74) is 0. The Morgan fingerprint density at radius 1 is 0.810 bits per heavy atom. The Kier molecular flexibility index (Phi) is 710. The van der Waals surface area contributed by atoms with Crippen molar-refractivity contribution in [3.8, 4) is 11.8 Å². The van der Waals surface area contributed by atoms with Gasteiger partial charge >= 0.3 is 56.5 Å². The van der Waals surface area contributed by atoms with E-state index in [0.717, 1.165) is 6.29 Å². The molecule has 120 valence electrons. The van der Waals surface area contributed by atoms with Crippen LogP contribution in [-0.2, 0) is 61.6 Å². The molecule has 0 atom stereocenters. The molecule has 2 radical (unpaired) electrons. The van der Waals surface area contributed by atoms with Crippen LogP contribution < -0.4 is 0 Å². The molecule has 0 fully saturated rings. The third kappa shape index (κ3) is 1440. The topological polar surface area (TPSA) is 117 Å². The molecule has 21 heavy (non-hydrogen) atoms. The molecule has 0 aromatic carbocycles. The molecule has 0 spiro atoms. The van der Waals surface area contributed by atoms with E-state index < -0.39 is 0 Å². The SMILES string of the molecule is CC#CC(C)C.CC=O.[C-]#[O+].[C-]#[O+].[C-]#[O+].[C-]#[O+].[C-]#[O+].[Co].[Co]. The van der Waals surface area contributed by atoms with Crippen molar-refractivity contribution in [2.24, 2.45) is 5.92 Å². The maximum Gasteiger partial charge on any atom is 0 e. The van der Waals surface area contributed by atoms with E-state index in [1.54, 1.807) is 0 Å². The van der Waals surface area contributed by atoms with Gasteiger partial charge in [0.25, 0.3) is 0 Å². The summed E-state index contributed by atoms with van der Waals surface area (Å²) in [4.78, 5) is 8.81. The maximum absolute atomic E-state index is 8.81. The molecule has 0 aliphatic heterocycles. The van der Waals surface area contributed by atoms with Crippen LogP contribution in [0.25, 0.3) is 0 Å². The van der Waals surface area contributed by atoms with Crippen LogP contribution in [0.4, 0.5) is 0 Å². The molecule has 0 saturated heterocycles. The summed E-state index contributed by atoms with van der Waals surface area (Å²) in [7, 11) is 0. The first-order valence-electron chi connectivity index (χ1n) is 4.03. The van der Waals surface area contributed by atoms with Crippen molar-refractivity contribution >= 4 is 6.29 Å². The van der Waals surface area contributed by atoms with Crippen molar-refractivity contribution in [3.05, 3.63) is 33.3 Å². The zero-order valence-corrected chi connectivity index (χ0v) is 13.9. The number of rotatable bonds is 0. The predicted molar refractivity (Wildman–Crippen MR) is 59.7 cm³/mol. The van der Waals surface area contributed by atoms with Crippen molar-refractivity contribution in [1.29, 1.82) is 0 Å². The molecule has 0 bridgehead atoms. The van der Waals surface area contributed by atoms with Gasteiger partial charge in [0, 0.05) is 39.5 Å². The molecule has 0 aliphatic carbocycles. The van der Waals surface area contributed by atoms with Gasteiger partial charge in [-0.25, -0.2) is 0 Å². The predicted octanol–water partition coefficient (Wildman–Crippen LogP) is 1.68. The standard InChI is InChI=1S/C6H10.C2H4O.5CO.2Co/c1-4-5-6(2)3;1-2-3;5*1-2;;/h6H,1-3H3;2H,1H3;;;;;;;. The Morgan fingerprint density at radius 3 is 0.952 bits per heavy atom. The molecule has 0 heterocycles. The van der Waals surface area contributed by atoms with E-state index in [-0.39, 0.29) is 33.6 Å². The van der Waals surface area contributed by atoms with Crippen molar-refractivity contribution in [2.45, 2.75) is 27.7 Å². The Bertz CT molecular complexity index is 244. The summed E-state index contributed by atoms with van der Waals surface area (Å²) >= 11 is 0. The van der Waals surface area contributed by atoms with Gasteiger partial charge < -0.3 is 4.79 Å². The molecule has 0 amide bonds. The molecule has 0 unspecified atom stereocenters. The summed E-state index contributed by atoms with van der Waals surface area (Å²) in [6, 6.07) is 0. The van der Waals surface area contributed by atoms with E-state index in [9.17, 15) is 0 Å². The number of aldehydes is 1. The summed E-state index contributed by atoms with van der Waals surface area (Å²) in [5.74, 6) is 6.31. The van der Waals surface area contributed by atoms with Gasteiger partial charge in [0.2, 0.25) is 0 Å². The van der Waals surface area contributed by atoms with Gasteiger partial charge in [0.15, 0.2) is 0 Å².